The number of benzene rings is 4. The minimum absolute atomic E-state index is 0.122. The van der Waals surface area contributed by atoms with Crippen molar-refractivity contribution < 1.29 is 4.92 Å². The number of para-hydroxylation sites is 1. The Bertz CT molecular complexity index is 1270. The van der Waals surface area contributed by atoms with Crippen LogP contribution in [-0.2, 0) is 0 Å². The number of hydrogen-bond donors (Lipinski definition) is 1. The Morgan fingerprint density at radius 1 is 0.690 bits per heavy atom. The van der Waals surface area contributed by atoms with Gasteiger partial charge in [0.1, 0.15) is 0 Å². The van der Waals surface area contributed by atoms with Crippen molar-refractivity contribution >= 4 is 27.5 Å². The summed E-state index contributed by atoms with van der Waals surface area (Å²) in [6, 6.07) is 31.7. The molecule has 4 nitrogen and oxygen atoms in total. The van der Waals surface area contributed by atoms with Crippen molar-refractivity contribution in [3.63, 3.8) is 0 Å². The molecule has 4 aromatic carbocycles. The molecule has 1 N–H and O–H groups in total. The summed E-state index contributed by atoms with van der Waals surface area (Å²) >= 11 is 0. The van der Waals surface area contributed by atoms with Crippen molar-refractivity contribution in [3.05, 3.63) is 113 Å². The van der Waals surface area contributed by atoms with E-state index in [1.54, 1.807) is 12.1 Å². The normalized spacial score (nSPS) is 10.5. The Balaban J connectivity index is 0.000000145. The Labute approximate surface area is 168 Å². The molecule has 0 saturated heterocycles. The number of nitrogens with one attached hydrogen (secondary N) is 1. The quantitative estimate of drug-likeness (QED) is 0.268. The minimum atomic E-state index is -0.374. The van der Waals surface area contributed by atoms with Gasteiger partial charge in [-0.05, 0) is 30.2 Å². The summed E-state index contributed by atoms with van der Waals surface area (Å²) in [5.74, 6) is 0. The number of nitrogens with zero attached hydrogens (tertiary/aromatic N) is 1. The summed E-state index contributed by atoms with van der Waals surface area (Å²) in [7, 11) is 0. The molecule has 142 valence electrons. The second-order valence-electron chi connectivity index (χ2n) is 6.89. The number of aryl methyl sites for hydroxylation is 1. The van der Waals surface area contributed by atoms with E-state index in [1.165, 1.54) is 22.8 Å². The molecule has 1 aromatic heterocycles. The number of aromatic nitrogens is 1. The highest BCUT2D eigenvalue weighted by Gasteiger charge is 2.09. The molecule has 0 radical (unpaired) electrons. The van der Waals surface area contributed by atoms with E-state index in [-0.39, 0.29) is 10.6 Å². The fraction of sp³-hybridized carbons (Fsp3) is 0.0400. The lowest BCUT2D eigenvalue weighted by molar-refractivity contribution is -0.384. The van der Waals surface area contributed by atoms with Gasteiger partial charge in [-0.25, -0.2) is 0 Å². The molecule has 0 aliphatic carbocycles. The third kappa shape index (κ3) is 4.01. The fourth-order valence-corrected chi connectivity index (χ4v) is 3.33. The molecule has 0 aliphatic rings. The van der Waals surface area contributed by atoms with Crippen LogP contribution >= 0.6 is 0 Å². The van der Waals surface area contributed by atoms with E-state index >= 15 is 0 Å². The summed E-state index contributed by atoms with van der Waals surface area (Å²) in [6.45, 7) is 2.11. The number of nitro benzene ring substituents is 1. The molecule has 0 fully saturated rings. The van der Waals surface area contributed by atoms with Crippen LogP contribution in [0.25, 0.3) is 32.9 Å². The van der Waals surface area contributed by atoms with E-state index in [4.69, 9.17) is 0 Å². The summed E-state index contributed by atoms with van der Waals surface area (Å²) in [5.41, 5.74) is 5.91. The number of nitro groups is 1. The first-order valence-corrected chi connectivity index (χ1v) is 9.39. The predicted octanol–water partition coefficient (Wildman–Crippen LogP) is 6.89. The van der Waals surface area contributed by atoms with E-state index in [1.807, 2.05) is 30.3 Å². The predicted molar refractivity (Wildman–Crippen MR) is 119 cm³/mol. The minimum Gasteiger partial charge on any atom is -0.355 e. The number of aromatic amines is 1. The molecule has 1 heterocycles. The van der Waals surface area contributed by atoms with Gasteiger partial charge in [-0.2, -0.15) is 0 Å². The first kappa shape index (κ1) is 18.4. The molecule has 29 heavy (non-hydrogen) atoms. The average molecular weight is 380 g/mol. The van der Waals surface area contributed by atoms with Gasteiger partial charge < -0.3 is 4.98 Å². The third-order valence-electron chi connectivity index (χ3n) is 4.86. The lowest BCUT2D eigenvalue weighted by Crippen LogP contribution is -1.86. The van der Waals surface area contributed by atoms with Gasteiger partial charge in [-0.3, -0.25) is 10.1 Å². The number of non-ortho nitro benzene ring substituents is 1. The molecule has 0 amide bonds. The van der Waals surface area contributed by atoms with Gasteiger partial charge in [0.05, 0.1) is 4.92 Å². The van der Waals surface area contributed by atoms with Crippen LogP contribution in [0.3, 0.4) is 0 Å². The maximum absolute atomic E-state index is 10.7. The smallest absolute Gasteiger partial charge is 0.270 e. The SMILES string of the molecule is Cc1ccc(-c2ccccc2)cc1.O=[N+]([O-])c1ccc2[nH]c3ccccc3c2c1. The lowest BCUT2D eigenvalue weighted by Gasteiger charge is -2.00. The van der Waals surface area contributed by atoms with E-state index in [9.17, 15) is 10.1 Å². The zero-order chi connectivity index (χ0) is 20.2. The van der Waals surface area contributed by atoms with Gasteiger partial charge in [0.2, 0.25) is 0 Å². The topological polar surface area (TPSA) is 58.9 Å². The fourth-order valence-electron chi connectivity index (χ4n) is 3.33. The van der Waals surface area contributed by atoms with E-state index in [0.717, 1.165) is 21.8 Å². The Morgan fingerprint density at radius 3 is 2.03 bits per heavy atom. The highest BCUT2D eigenvalue weighted by atomic mass is 16.6. The maximum atomic E-state index is 10.7. The van der Waals surface area contributed by atoms with Crippen molar-refractivity contribution in [2.75, 3.05) is 0 Å². The molecule has 0 aliphatic heterocycles. The highest BCUT2D eigenvalue weighted by molar-refractivity contribution is 6.07. The van der Waals surface area contributed by atoms with Gasteiger partial charge in [-0.1, -0.05) is 78.4 Å². The van der Waals surface area contributed by atoms with Crippen LogP contribution in [0.5, 0.6) is 0 Å². The Kier molecular flexibility index (Phi) is 5.08. The van der Waals surface area contributed by atoms with E-state index in [2.05, 4.69) is 60.4 Å². The van der Waals surface area contributed by atoms with Gasteiger partial charge in [0.15, 0.2) is 0 Å². The zero-order valence-corrected chi connectivity index (χ0v) is 16.0. The van der Waals surface area contributed by atoms with Crippen LogP contribution in [0, 0.1) is 17.0 Å². The first-order chi connectivity index (χ1) is 14.1. The summed E-state index contributed by atoms with van der Waals surface area (Å²) in [4.78, 5) is 13.5. The van der Waals surface area contributed by atoms with Crippen LogP contribution in [-0.4, -0.2) is 9.91 Å². The number of hydrogen-bond acceptors (Lipinski definition) is 2. The molecule has 0 atom stereocenters. The second-order valence-corrected chi connectivity index (χ2v) is 6.89. The van der Waals surface area contributed by atoms with Crippen molar-refractivity contribution in [1.29, 1.82) is 0 Å². The standard InChI is InChI=1S/C13H12.C12H8N2O2/c1-11-7-9-13(10-8-11)12-5-3-2-4-6-12;15-14(16)8-5-6-12-10(7-8)9-3-1-2-4-11(9)13-12/h2-10H,1H3;1-7,13H. The van der Waals surface area contributed by atoms with E-state index in [0.29, 0.717) is 0 Å². The summed E-state index contributed by atoms with van der Waals surface area (Å²) in [6.07, 6.45) is 0. The number of rotatable bonds is 2. The molecule has 0 bridgehead atoms. The van der Waals surface area contributed by atoms with Crippen molar-refractivity contribution in [1.82, 2.24) is 4.98 Å². The van der Waals surface area contributed by atoms with Crippen LogP contribution in [0.2, 0.25) is 0 Å². The molecule has 0 spiro atoms. The van der Waals surface area contributed by atoms with Crippen molar-refractivity contribution in [2.24, 2.45) is 0 Å². The largest absolute Gasteiger partial charge is 0.355 e. The first-order valence-electron chi connectivity index (χ1n) is 9.39. The van der Waals surface area contributed by atoms with Gasteiger partial charge in [0, 0.05) is 33.9 Å². The molecule has 0 saturated carbocycles. The lowest BCUT2D eigenvalue weighted by atomic mass is 10.0. The summed E-state index contributed by atoms with van der Waals surface area (Å²) in [5, 5.41) is 12.6. The summed E-state index contributed by atoms with van der Waals surface area (Å²) < 4.78 is 0. The molecular formula is C25H20N2O2. The Hall–Kier alpha value is -3.92. The molecule has 4 heteroatoms. The second kappa shape index (κ2) is 7.98. The highest BCUT2D eigenvalue weighted by Crippen LogP contribution is 2.28. The van der Waals surface area contributed by atoms with Crippen LogP contribution in [0.4, 0.5) is 5.69 Å². The van der Waals surface area contributed by atoms with Gasteiger partial charge in [0.25, 0.3) is 5.69 Å². The van der Waals surface area contributed by atoms with Gasteiger partial charge in [-0.15, -0.1) is 0 Å². The molecule has 5 aromatic rings. The van der Waals surface area contributed by atoms with Crippen molar-refractivity contribution in [2.45, 2.75) is 6.92 Å². The van der Waals surface area contributed by atoms with Crippen LogP contribution in [0.15, 0.2) is 97.1 Å². The maximum Gasteiger partial charge on any atom is 0.270 e. The number of H-pyrrole nitrogens is 1. The van der Waals surface area contributed by atoms with Crippen LogP contribution in [0.1, 0.15) is 5.56 Å². The zero-order valence-electron chi connectivity index (χ0n) is 16.0. The molecular weight excluding hydrogens is 360 g/mol. The third-order valence-corrected chi connectivity index (χ3v) is 4.86. The van der Waals surface area contributed by atoms with Crippen LogP contribution < -0.4 is 0 Å². The average Bonchev–Trinajstić information content (AvgIpc) is 3.13. The van der Waals surface area contributed by atoms with E-state index < -0.39 is 0 Å². The van der Waals surface area contributed by atoms with Crippen molar-refractivity contribution in [3.8, 4) is 11.1 Å². The van der Waals surface area contributed by atoms with Gasteiger partial charge >= 0.3 is 0 Å². The molecule has 0 unspecified atom stereocenters. The Morgan fingerprint density at radius 2 is 1.31 bits per heavy atom. The number of fused-ring (bicyclic) bond motifs is 3. The monoisotopic (exact) mass is 380 g/mol. The molecule has 5 rings (SSSR count).